The van der Waals surface area contributed by atoms with Crippen molar-refractivity contribution < 1.29 is 4.42 Å². The number of rotatable bonds is 10. The average molecular weight is 1510 g/mol. The summed E-state index contributed by atoms with van der Waals surface area (Å²) < 4.78 is 18.9. The van der Waals surface area contributed by atoms with Crippen molar-refractivity contribution in [3.8, 4) is 102 Å². The highest BCUT2D eigenvalue weighted by Gasteiger charge is 2.24. The lowest BCUT2D eigenvalue weighted by molar-refractivity contribution is 0.669. The van der Waals surface area contributed by atoms with Crippen LogP contribution < -0.4 is 0 Å². The van der Waals surface area contributed by atoms with Crippen molar-refractivity contribution in [3.05, 3.63) is 364 Å². The van der Waals surface area contributed by atoms with E-state index in [1.807, 2.05) is 143 Å². The molecule has 0 amide bonds. The van der Waals surface area contributed by atoms with Gasteiger partial charge in [0.25, 0.3) is 0 Å². The highest BCUT2D eigenvalue weighted by molar-refractivity contribution is 7.27. The van der Waals surface area contributed by atoms with Gasteiger partial charge < -0.3 is 13.6 Å². The summed E-state index contributed by atoms with van der Waals surface area (Å²) in [6.45, 7) is 0. The van der Waals surface area contributed by atoms with E-state index in [0.717, 1.165) is 82.4 Å². The molecule has 0 saturated carbocycles. The molecule has 0 aliphatic rings. The minimum absolute atomic E-state index is 0.611. The molecule has 0 fully saturated rings. The Hall–Kier alpha value is -14.4. The van der Waals surface area contributed by atoms with E-state index in [-0.39, 0.29) is 0 Å². The first-order valence-corrected chi connectivity index (χ1v) is 40.5. The lowest BCUT2D eigenvalue weighted by atomic mass is 10.0. The molecule has 532 valence electrons. The van der Waals surface area contributed by atoms with Crippen molar-refractivity contribution in [2.45, 2.75) is 0 Å². The van der Waals surface area contributed by atoms with Gasteiger partial charge in [-0.05, 0) is 119 Å². The van der Waals surface area contributed by atoms with Crippen LogP contribution in [0.15, 0.2) is 368 Å². The molecule has 0 N–H and O–H groups in total. The molecule has 9 nitrogen and oxygen atoms in total. The van der Waals surface area contributed by atoms with Crippen LogP contribution in [0.2, 0.25) is 0 Å². The second-order valence-electron chi connectivity index (χ2n) is 28.7. The lowest BCUT2D eigenvalue weighted by Gasteiger charge is -2.10. The first-order valence-electron chi connectivity index (χ1n) is 38.0. The highest BCUT2D eigenvalue weighted by Crippen LogP contribution is 2.48. The number of aromatic nitrogens is 8. The number of thiophene rings is 3. The molecule has 0 aliphatic carbocycles. The van der Waals surface area contributed by atoms with E-state index >= 15 is 0 Å². The predicted octanol–water partition coefficient (Wildman–Crippen LogP) is 28.3. The summed E-state index contributed by atoms with van der Waals surface area (Å²) in [5.74, 6) is 3.86. The first kappa shape index (κ1) is 65.5. The van der Waals surface area contributed by atoms with E-state index in [0.29, 0.717) is 34.9 Å². The fraction of sp³-hybridized carbons (Fsp3) is 0. The van der Waals surface area contributed by atoms with Gasteiger partial charge in [-0.15, -0.1) is 34.0 Å². The number of furan rings is 1. The largest absolute Gasteiger partial charge is 0.456 e. The lowest BCUT2D eigenvalue weighted by Crippen LogP contribution is -2.00. The zero-order chi connectivity index (χ0) is 74.9. The summed E-state index contributed by atoms with van der Waals surface area (Å²) in [6, 6.07) is 129. The normalized spacial score (nSPS) is 11.9. The Morgan fingerprint density at radius 2 is 0.553 bits per heavy atom. The molecular formula is C102H60N8OS3. The van der Waals surface area contributed by atoms with Crippen LogP contribution in [-0.4, -0.2) is 39.0 Å². The Labute approximate surface area is 664 Å². The maximum atomic E-state index is 6.44. The summed E-state index contributed by atoms with van der Waals surface area (Å²) in [6.07, 6.45) is 0. The average Bonchev–Trinajstić information content (AvgIpc) is 1.57. The van der Waals surface area contributed by atoms with E-state index < -0.39 is 0 Å². The van der Waals surface area contributed by atoms with Crippen molar-refractivity contribution in [1.82, 2.24) is 39.0 Å². The minimum Gasteiger partial charge on any atom is -0.456 e. The standard InChI is InChI=1S/C51H30N4OS.C51H30N4S2/c1-3-12-31(13-4-1)49-52-50(32-14-5-2-6-15-32)54-51(53-49)34-23-26-45-41(29-34)42-30-35(24-27-46(42)56-45)55-43-20-9-7-16-37(43)40-28-33(22-25-44(40)55)36-18-11-19-39-38-17-8-10-21-47(38)57-48(36)39;1-3-14-31(15-4-1)49-52-50(32-16-5-2-6-17-32)54-51(53-49)40-24-12-22-38-39-23-13-26-44(48(39)57-47(38)40)55-42-25-9-7-18-35(42)41-30-33(28-29-43(41)55)34-20-11-21-37-36-19-8-10-27-45(36)56-46(34)37/h2*1-30H. The van der Waals surface area contributed by atoms with Crippen molar-refractivity contribution in [2.75, 3.05) is 0 Å². The Morgan fingerprint density at radius 3 is 1.07 bits per heavy atom. The Balaban J connectivity index is 0.000000135. The topological polar surface area (TPSA) is 100 Å². The molecule has 0 atom stereocenters. The molecule has 0 unspecified atom stereocenters. The Kier molecular flexibility index (Phi) is 15.3. The van der Waals surface area contributed by atoms with E-state index in [2.05, 4.69) is 264 Å². The van der Waals surface area contributed by atoms with Crippen molar-refractivity contribution in [2.24, 2.45) is 0 Å². The second kappa shape index (κ2) is 26.7. The van der Waals surface area contributed by atoms with Gasteiger partial charge >= 0.3 is 0 Å². The minimum atomic E-state index is 0.611. The number of para-hydroxylation sites is 2. The summed E-state index contributed by atoms with van der Waals surface area (Å²) >= 11 is 5.56. The number of hydrogen-bond donors (Lipinski definition) is 0. The fourth-order valence-electron chi connectivity index (χ4n) is 16.8. The first-order chi connectivity index (χ1) is 56.5. The molecule has 0 aliphatic heterocycles. The van der Waals surface area contributed by atoms with Crippen molar-refractivity contribution >= 4 is 160 Å². The SMILES string of the molecule is c1ccc(-c2nc(-c3ccccc3)nc(-c3ccc4oc5ccc(-n6c7ccccc7c7cc(-c8cccc9c8sc8ccccc89)ccc76)cc5c4c3)n2)cc1.c1ccc(-c2nc(-c3ccccc3)nc(-c3cccc4c3sc3c(-n5c6ccccc6c6cc(-c7cccc8c7sc7ccccc78)ccc65)cccc34)n2)cc1. The van der Waals surface area contributed by atoms with Crippen LogP contribution in [0.3, 0.4) is 0 Å². The number of fused-ring (bicyclic) bond motifs is 18. The predicted molar refractivity (Wildman–Crippen MR) is 478 cm³/mol. The fourth-order valence-corrected chi connectivity index (χ4v) is 20.6. The van der Waals surface area contributed by atoms with Crippen LogP contribution in [0, 0.1) is 0 Å². The van der Waals surface area contributed by atoms with Gasteiger partial charge in [-0.1, -0.05) is 267 Å². The van der Waals surface area contributed by atoms with Gasteiger partial charge in [0.2, 0.25) is 0 Å². The van der Waals surface area contributed by atoms with Crippen LogP contribution in [0.4, 0.5) is 0 Å². The van der Waals surface area contributed by atoms with Crippen LogP contribution in [0.25, 0.3) is 228 Å². The molecule has 0 spiro atoms. The smallest absolute Gasteiger partial charge is 0.165 e. The summed E-state index contributed by atoms with van der Waals surface area (Å²) in [5.41, 5.74) is 19.2. The quantitative estimate of drug-likeness (QED) is 0.134. The van der Waals surface area contributed by atoms with Crippen LogP contribution in [0.5, 0.6) is 0 Å². The van der Waals surface area contributed by atoms with Crippen molar-refractivity contribution in [1.29, 1.82) is 0 Å². The van der Waals surface area contributed by atoms with E-state index in [9.17, 15) is 0 Å². The third-order valence-corrected chi connectivity index (χ3v) is 25.8. The molecule has 16 aromatic carbocycles. The zero-order valence-corrected chi connectivity index (χ0v) is 63.3. The maximum Gasteiger partial charge on any atom is 0.165 e. The third kappa shape index (κ3) is 10.9. The van der Waals surface area contributed by atoms with Gasteiger partial charge in [0.05, 0.1) is 32.5 Å². The third-order valence-electron chi connectivity index (χ3n) is 22.1. The second-order valence-corrected chi connectivity index (χ2v) is 31.9. The van der Waals surface area contributed by atoms with Gasteiger partial charge in [-0.2, -0.15) is 0 Å². The molecule has 8 heterocycles. The van der Waals surface area contributed by atoms with Gasteiger partial charge in [0, 0.05) is 127 Å². The van der Waals surface area contributed by atoms with E-state index in [1.165, 1.54) is 111 Å². The highest BCUT2D eigenvalue weighted by atomic mass is 32.1. The maximum absolute atomic E-state index is 6.44. The van der Waals surface area contributed by atoms with Crippen molar-refractivity contribution in [3.63, 3.8) is 0 Å². The van der Waals surface area contributed by atoms with Gasteiger partial charge in [-0.3, -0.25) is 0 Å². The number of benzene rings is 16. The Morgan fingerprint density at radius 1 is 0.202 bits per heavy atom. The summed E-state index contributed by atoms with van der Waals surface area (Å²) in [4.78, 5) is 30.1. The number of hydrogen-bond acceptors (Lipinski definition) is 10. The Bertz CT molecular complexity index is 7880. The van der Waals surface area contributed by atoms with Gasteiger partial charge in [0.15, 0.2) is 34.9 Å². The van der Waals surface area contributed by atoms with Gasteiger partial charge in [0.1, 0.15) is 11.2 Å². The summed E-state index contributed by atoms with van der Waals surface area (Å²) in [7, 11) is 0. The van der Waals surface area contributed by atoms with E-state index in [4.69, 9.17) is 34.3 Å². The molecule has 0 saturated heterocycles. The monoisotopic (exact) mass is 1510 g/mol. The molecule has 8 aromatic heterocycles. The molecule has 24 aromatic rings. The molecular weight excluding hydrogens is 1450 g/mol. The summed E-state index contributed by atoms with van der Waals surface area (Å²) in [5, 5.41) is 14.6. The molecule has 0 bridgehead atoms. The molecule has 114 heavy (non-hydrogen) atoms. The van der Waals surface area contributed by atoms with Crippen LogP contribution >= 0.6 is 34.0 Å². The molecule has 24 rings (SSSR count). The molecule has 0 radical (unpaired) electrons. The van der Waals surface area contributed by atoms with Crippen LogP contribution in [-0.2, 0) is 0 Å². The van der Waals surface area contributed by atoms with E-state index in [1.54, 1.807) is 0 Å². The van der Waals surface area contributed by atoms with Gasteiger partial charge in [-0.25, -0.2) is 29.9 Å². The number of nitrogens with zero attached hydrogens (tertiary/aromatic N) is 8. The molecule has 12 heteroatoms. The zero-order valence-electron chi connectivity index (χ0n) is 60.9. The van der Waals surface area contributed by atoms with Crippen LogP contribution in [0.1, 0.15) is 0 Å².